The van der Waals surface area contributed by atoms with Crippen molar-refractivity contribution in [1.82, 2.24) is 20.0 Å². The molecule has 2 aromatic heterocycles. The van der Waals surface area contributed by atoms with Gasteiger partial charge in [-0.1, -0.05) is 43.9 Å². The zero-order valence-electron chi connectivity index (χ0n) is 13.5. The van der Waals surface area contributed by atoms with Gasteiger partial charge in [-0.2, -0.15) is 5.10 Å². The molecule has 2 heterocycles. The van der Waals surface area contributed by atoms with Gasteiger partial charge in [0, 0.05) is 17.9 Å². The lowest BCUT2D eigenvalue weighted by Gasteiger charge is -2.17. The molecule has 6 heteroatoms. The third-order valence-electron chi connectivity index (χ3n) is 5.08. The van der Waals surface area contributed by atoms with Gasteiger partial charge >= 0.3 is 0 Å². The monoisotopic (exact) mass is 332 g/mol. The van der Waals surface area contributed by atoms with Crippen LogP contribution in [0.15, 0.2) is 21.9 Å². The molecule has 2 aliphatic carbocycles. The summed E-state index contributed by atoms with van der Waals surface area (Å²) in [7, 11) is 0. The van der Waals surface area contributed by atoms with E-state index in [-0.39, 0.29) is 0 Å². The van der Waals surface area contributed by atoms with E-state index in [1.807, 2.05) is 0 Å². The van der Waals surface area contributed by atoms with E-state index in [9.17, 15) is 0 Å². The third kappa shape index (κ3) is 3.62. The quantitative estimate of drug-likeness (QED) is 0.741. The minimum atomic E-state index is 0.479. The van der Waals surface area contributed by atoms with Crippen LogP contribution < -0.4 is 0 Å². The van der Waals surface area contributed by atoms with Gasteiger partial charge in [0.2, 0.25) is 5.89 Å². The maximum atomic E-state index is 5.86. The van der Waals surface area contributed by atoms with Crippen LogP contribution in [0.4, 0.5) is 0 Å². The average Bonchev–Trinajstić information content (AvgIpc) is 3.33. The Morgan fingerprint density at radius 3 is 2.65 bits per heavy atom. The molecule has 124 valence electrons. The molecule has 23 heavy (non-hydrogen) atoms. The molecule has 2 saturated carbocycles. The molecule has 0 saturated heterocycles. The first-order valence-electron chi connectivity index (χ1n) is 8.89. The van der Waals surface area contributed by atoms with Crippen molar-refractivity contribution < 1.29 is 4.42 Å². The maximum Gasteiger partial charge on any atom is 0.276 e. The lowest BCUT2D eigenvalue weighted by Crippen LogP contribution is -2.05. The Bertz CT molecular complexity index is 626. The minimum Gasteiger partial charge on any atom is -0.416 e. The molecule has 0 aromatic carbocycles. The fourth-order valence-electron chi connectivity index (χ4n) is 3.76. The number of hydrogen-bond acceptors (Lipinski definition) is 5. The van der Waals surface area contributed by atoms with Crippen LogP contribution in [0.25, 0.3) is 0 Å². The van der Waals surface area contributed by atoms with Gasteiger partial charge in [0.1, 0.15) is 0 Å². The summed E-state index contributed by atoms with van der Waals surface area (Å²) in [6.07, 6.45) is 13.6. The zero-order chi connectivity index (χ0) is 15.5. The number of hydrogen-bond donors (Lipinski definition) is 0. The standard InChI is InChI=1S/C17H24N4OS/c1-2-6-13(7-3-1)16-18-19-17(22-16)23-12-14-10-11-21(20-14)15-8-4-5-9-15/h10-11,13,15H,1-9,12H2. The molecule has 0 N–H and O–H groups in total. The largest absolute Gasteiger partial charge is 0.416 e. The van der Waals surface area contributed by atoms with Crippen LogP contribution in [-0.4, -0.2) is 20.0 Å². The molecule has 4 rings (SSSR count). The van der Waals surface area contributed by atoms with Crippen molar-refractivity contribution in [3.8, 4) is 0 Å². The molecule has 2 aliphatic rings. The van der Waals surface area contributed by atoms with Gasteiger partial charge in [0.15, 0.2) is 0 Å². The van der Waals surface area contributed by atoms with Gasteiger partial charge in [-0.3, -0.25) is 4.68 Å². The fraction of sp³-hybridized carbons (Fsp3) is 0.706. The second-order valence-corrected chi connectivity index (χ2v) is 7.68. The summed E-state index contributed by atoms with van der Waals surface area (Å²) in [5.74, 6) is 2.11. The highest BCUT2D eigenvalue weighted by Gasteiger charge is 2.22. The van der Waals surface area contributed by atoms with E-state index in [1.54, 1.807) is 11.8 Å². The van der Waals surface area contributed by atoms with Gasteiger partial charge in [-0.05, 0) is 31.7 Å². The Kier molecular flexibility index (Phi) is 4.69. The summed E-state index contributed by atoms with van der Waals surface area (Å²) in [4.78, 5) is 0. The molecular formula is C17H24N4OS. The predicted molar refractivity (Wildman–Crippen MR) is 89.4 cm³/mol. The Morgan fingerprint density at radius 2 is 1.83 bits per heavy atom. The molecule has 5 nitrogen and oxygen atoms in total. The third-order valence-corrected chi connectivity index (χ3v) is 5.93. The van der Waals surface area contributed by atoms with Gasteiger partial charge in [-0.15, -0.1) is 10.2 Å². The Labute approximate surface area is 141 Å². The van der Waals surface area contributed by atoms with Crippen molar-refractivity contribution in [2.45, 2.75) is 80.7 Å². The molecule has 0 radical (unpaired) electrons. The van der Waals surface area contributed by atoms with Gasteiger partial charge < -0.3 is 4.42 Å². The zero-order valence-corrected chi connectivity index (χ0v) is 14.3. The lowest BCUT2D eigenvalue weighted by molar-refractivity contribution is 0.334. The second-order valence-electron chi connectivity index (χ2n) is 6.76. The van der Waals surface area contributed by atoms with Crippen LogP contribution >= 0.6 is 11.8 Å². The predicted octanol–water partition coefficient (Wildman–Crippen LogP) is 4.72. The first-order valence-corrected chi connectivity index (χ1v) is 9.87. The lowest BCUT2D eigenvalue weighted by atomic mass is 9.89. The first-order chi connectivity index (χ1) is 11.4. The van der Waals surface area contributed by atoms with E-state index in [4.69, 9.17) is 9.52 Å². The van der Waals surface area contributed by atoms with Gasteiger partial charge in [-0.25, -0.2) is 0 Å². The summed E-state index contributed by atoms with van der Waals surface area (Å²) in [5.41, 5.74) is 1.10. The number of rotatable bonds is 5. The summed E-state index contributed by atoms with van der Waals surface area (Å²) >= 11 is 1.60. The van der Waals surface area contributed by atoms with Crippen molar-refractivity contribution in [2.75, 3.05) is 0 Å². The molecular weight excluding hydrogens is 308 g/mol. The molecule has 0 atom stereocenters. The Hall–Kier alpha value is -1.30. The summed E-state index contributed by atoms with van der Waals surface area (Å²) < 4.78 is 8.00. The van der Waals surface area contributed by atoms with E-state index in [2.05, 4.69) is 27.1 Å². The average molecular weight is 332 g/mol. The molecule has 0 aliphatic heterocycles. The van der Waals surface area contributed by atoms with E-state index >= 15 is 0 Å². The normalized spacial score (nSPS) is 20.3. The fourth-order valence-corrected chi connectivity index (χ4v) is 4.42. The van der Waals surface area contributed by atoms with E-state index in [1.165, 1.54) is 57.8 Å². The molecule has 0 spiro atoms. The number of thioether (sulfide) groups is 1. The Balaban J connectivity index is 1.33. The number of aromatic nitrogens is 4. The van der Waals surface area contributed by atoms with Crippen LogP contribution in [0.2, 0.25) is 0 Å². The van der Waals surface area contributed by atoms with E-state index in [0.29, 0.717) is 17.2 Å². The second kappa shape index (κ2) is 7.07. The first kappa shape index (κ1) is 15.2. The van der Waals surface area contributed by atoms with Crippen molar-refractivity contribution in [3.05, 3.63) is 23.8 Å². The molecule has 0 amide bonds. The van der Waals surface area contributed by atoms with Crippen molar-refractivity contribution in [2.24, 2.45) is 0 Å². The van der Waals surface area contributed by atoms with Crippen LogP contribution in [0.3, 0.4) is 0 Å². The molecule has 0 unspecified atom stereocenters. The molecule has 2 aromatic rings. The van der Waals surface area contributed by atoms with Crippen LogP contribution in [0.1, 0.15) is 81.3 Å². The van der Waals surface area contributed by atoms with Crippen molar-refractivity contribution in [1.29, 1.82) is 0 Å². The van der Waals surface area contributed by atoms with Crippen molar-refractivity contribution >= 4 is 11.8 Å². The highest BCUT2D eigenvalue weighted by atomic mass is 32.2. The van der Waals surface area contributed by atoms with E-state index < -0.39 is 0 Å². The summed E-state index contributed by atoms with van der Waals surface area (Å²) in [5, 5.41) is 13.9. The highest BCUT2D eigenvalue weighted by Crippen LogP contribution is 2.33. The van der Waals surface area contributed by atoms with Crippen molar-refractivity contribution in [3.63, 3.8) is 0 Å². The number of nitrogens with zero attached hydrogens (tertiary/aromatic N) is 4. The van der Waals surface area contributed by atoms with Gasteiger partial charge in [0.05, 0.1) is 11.7 Å². The molecule has 0 bridgehead atoms. The smallest absolute Gasteiger partial charge is 0.276 e. The SMILES string of the molecule is c1cn(C2CCCC2)nc1CSc1nnc(C2CCCCC2)o1. The topological polar surface area (TPSA) is 56.7 Å². The van der Waals surface area contributed by atoms with Crippen LogP contribution in [0, 0.1) is 0 Å². The van der Waals surface area contributed by atoms with Gasteiger partial charge in [0.25, 0.3) is 5.22 Å². The van der Waals surface area contributed by atoms with Crippen LogP contribution in [0.5, 0.6) is 0 Å². The Morgan fingerprint density at radius 1 is 1.04 bits per heavy atom. The summed E-state index contributed by atoms with van der Waals surface area (Å²) in [6, 6.07) is 2.72. The minimum absolute atomic E-state index is 0.479. The molecule has 2 fully saturated rings. The maximum absolute atomic E-state index is 5.86. The highest BCUT2D eigenvalue weighted by molar-refractivity contribution is 7.98. The van der Waals surface area contributed by atoms with Crippen LogP contribution in [-0.2, 0) is 5.75 Å². The van der Waals surface area contributed by atoms with E-state index in [0.717, 1.165) is 17.3 Å². The summed E-state index contributed by atoms with van der Waals surface area (Å²) in [6.45, 7) is 0.